The van der Waals surface area contributed by atoms with Gasteiger partial charge in [-0.15, -0.1) is 0 Å². The van der Waals surface area contributed by atoms with Gasteiger partial charge in [-0.05, 0) is 31.3 Å². The van der Waals surface area contributed by atoms with Crippen molar-refractivity contribution in [2.75, 3.05) is 18.1 Å². The molecule has 0 saturated heterocycles. The Balaban J connectivity index is 3.46. The Morgan fingerprint density at radius 2 is 2.15 bits per heavy atom. The van der Waals surface area contributed by atoms with Gasteiger partial charge in [0.2, 0.25) is 0 Å². The van der Waals surface area contributed by atoms with Crippen molar-refractivity contribution in [2.45, 2.75) is 25.3 Å². The van der Waals surface area contributed by atoms with E-state index < -0.39 is 11.5 Å². The summed E-state index contributed by atoms with van der Waals surface area (Å²) in [6.07, 6.45) is 1.21. The van der Waals surface area contributed by atoms with Crippen LogP contribution in [-0.4, -0.2) is 39.8 Å². The van der Waals surface area contributed by atoms with E-state index in [-0.39, 0.29) is 6.61 Å². The standard InChI is InChI=1S/C8H17NO3S/c1-8(9,7(11)12)3-6-13-5-2-4-10/h10H,2-6,9H2,1H3,(H,11,12). The first-order chi connectivity index (χ1) is 6.00. The van der Waals surface area contributed by atoms with Gasteiger partial charge in [-0.3, -0.25) is 4.79 Å². The lowest BCUT2D eigenvalue weighted by atomic mass is 10.0. The zero-order valence-electron chi connectivity index (χ0n) is 7.82. The highest BCUT2D eigenvalue weighted by Gasteiger charge is 2.26. The molecule has 0 aliphatic rings. The highest BCUT2D eigenvalue weighted by atomic mass is 32.2. The maximum atomic E-state index is 10.6. The molecule has 0 radical (unpaired) electrons. The van der Waals surface area contributed by atoms with E-state index in [1.54, 1.807) is 11.8 Å². The van der Waals surface area contributed by atoms with E-state index in [1.807, 2.05) is 0 Å². The van der Waals surface area contributed by atoms with Crippen LogP contribution in [-0.2, 0) is 4.79 Å². The number of carbonyl (C=O) groups is 1. The Labute approximate surface area is 82.5 Å². The number of aliphatic carboxylic acids is 1. The Hall–Kier alpha value is -0.260. The van der Waals surface area contributed by atoms with Crippen molar-refractivity contribution in [3.8, 4) is 0 Å². The molecule has 0 spiro atoms. The molecule has 0 fully saturated rings. The molecule has 4 N–H and O–H groups in total. The fourth-order valence-electron chi connectivity index (χ4n) is 0.660. The number of rotatable bonds is 7. The molecule has 0 aliphatic carbocycles. The third-order valence-corrected chi connectivity index (χ3v) is 2.77. The molecule has 0 heterocycles. The van der Waals surface area contributed by atoms with Gasteiger partial charge in [-0.2, -0.15) is 11.8 Å². The van der Waals surface area contributed by atoms with Gasteiger partial charge in [-0.1, -0.05) is 0 Å². The van der Waals surface area contributed by atoms with Crippen LogP contribution in [0.15, 0.2) is 0 Å². The molecule has 1 unspecified atom stereocenters. The van der Waals surface area contributed by atoms with Crippen LogP contribution in [0.5, 0.6) is 0 Å². The van der Waals surface area contributed by atoms with Gasteiger partial charge in [0.25, 0.3) is 0 Å². The van der Waals surface area contributed by atoms with Crippen molar-refractivity contribution < 1.29 is 15.0 Å². The maximum absolute atomic E-state index is 10.6. The summed E-state index contributed by atoms with van der Waals surface area (Å²) in [7, 11) is 0. The van der Waals surface area contributed by atoms with Crippen LogP contribution < -0.4 is 5.73 Å². The lowest BCUT2D eigenvalue weighted by Crippen LogP contribution is -2.45. The van der Waals surface area contributed by atoms with Crippen molar-refractivity contribution in [1.82, 2.24) is 0 Å². The van der Waals surface area contributed by atoms with Gasteiger partial charge in [0.1, 0.15) is 5.54 Å². The molecule has 0 aromatic rings. The molecule has 1 atom stereocenters. The second kappa shape index (κ2) is 6.23. The number of nitrogens with two attached hydrogens (primary N) is 1. The van der Waals surface area contributed by atoms with E-state index in [0.717, 1.165) is 17.9 Å². The summed E-state index contributed by atoms with van der Waals surface area (Å²) in [5.74, 6) is 0.612. The van der Waals surface area contributed by atoms with Crippen LogP contribution in [0.3, 0.4) is 0 Å². The molecule has 0 bridgehead atoms. The lowest BCUT2D eigenvalue weighted by molar-refractivity contribution is -0.142. The minimum Gasteiger partial charge on any atom is -0.480 e. The second-order valence-electron chi connectivity index (χ2n) is 3.16. The van der Waals surface area contributed by atoms with Crippen LogP contribution in [0.1, 0.15) is 19.8 Å². The average Bonchev–Trinajstić information content (AvgIpc) is 2.03. The summed E-state index contributed by atoms with van der Waals surface area (Å²) in [6, 6.07) is 0. The monoisotopic (exact) mass is 207 g/mol. The van der Waals surface area contributed by atoms with E-state index in [2.05, 4.69) is 0 Å². The molecule has 4 nitrogen and oxygen atoms in total. The highest BCUT2D eigenvalue weighted by Crippen LogP contribution is 2.12. The quantitative estimate of drug-likeness (QED) is 0.523. The van der Waals surface area contributed by atoms with E-state index in [9.17, 15) is 4.79 Å². The molecule has 0 aromatic heterocycles. The van der Waals surface area contributed by atoms with E-state index >= 15 is 0 Å². The third kappa shape index (κ3) is 5.90. The molecular weight excluding hydrogens is 190 g/mol. The van der Waals surface area contributed by atoms with Crippen molar-refractivity contribution in [2.24, 2.45) is 5.73 Å². The number of aliphatic hydroxyl groups is 1. The topological polar surface area (TPSA) is 83.5 Å². The Kier molecular flexibility index (Phi) is 6.11. The van der Waals surface area contributed by atoms with Gasteiger partial charge < -0.3 is 15.9 Å². The van der Waals surface area contributed by atoms with Crippen LogP contribution in [0.25, 0.3) is 0 Å². The van der Waals surface area contributed by atoms with Crippen molar-refractivity contribution >= 4 is 17.7 Å². The SMILES string of the molecule is CC(N)(CCSCCCO)C(=O)O. The number of carboxylic acids is 1. The molecule has 0 rings (SSSR count). The zero-order chi connectivity index (χ0) is 10.3. The Bertz CT molecular complexity index is 161. The molecular formula is C8H17NO3S. The summed E-state index contributed by atoms with van der Waals surface area (Å²) in [5.41, 5.74) is 4.39. The smallest absolute Gasteiger partial charge is 0.323 e. The zero-order valence-corrected chi connectivity index (χ0v) is 8.64. The first-order valence-corrected chi connectivity index (χ1v) is 5.37. The second-order valence-corrected chi connectivity index (χ2v) is 4.39. The van der Waals surface area contributed by atoms with Gasteiger partial charge in [0.15, 0.2) is 0 Å². The maximum Gasteiger partial charge on any atom is 0.323 e. The largest absolute Gasteiger partial charge is 0.480 e. The summed E-state index contributed by atoms with van der Waals surface area (Å²) < 4.78 is 0. The summed E-state index contributed by atoms with van der Waals surface area (Å²) in [5, 5.41) is 17.2. The minimum atomic E-state index is -1.12. The number of aliphatic hydroxyl groups excluding tert-OH is 1. The van der Waals surface area contributed by atoms with Crippen LogP contribution >= 0.6 is 11.8 Å². The highest BCUT2D eigenvalue weighted by molar-refractivity contribution is 7.99. The first-order valence-electron chi connectivity index (χ1n) is 4.21. The predicted molar refractivity (Wildman–Crippen MR) is 53.9 cm³/mol. The molecule has 0 amide bonds. The number of hydrogen-bond donors (Lipinski definition) is 3. The van der Waals surface area contributed by atoms with Crippen molar-refractivity contribution in [1.29, 1.82) is 0 Å². The first kappa shape index (κ1) is 12.7. The predicted octanol–water partition coefficient (Wildman–Crippen LogP) is 0.294. The van der Waals surface area contributed by atoms with Gasteiger partial charge in [-0.25, -0.2) is 0 Å². The fraction of sp³-hybridized carbons (Fsp3) is 0.875. The van der Waals surface area contributed by atoms with E-state index in [1.165, 1.54) is 6.92 Å². The number of thioether (sulfide) groups is 1. The lowest BCUT2D eigenvalue weighted by Gasteiger charge is -2.18. The Morgan fingerprint density at radius 1 is 1.54 bits per heavy atom. The average molecular weight is 207 g/mol. The normalized spacial score (nSPS) is 15.3. The van der Waals surface area contributed by atoms with Crippen LogP contribution in [0, 0.1) is 0 Å². The van der Waals surface area contributed by atoms with Gasteiger partial charge in [0, 0.05) is 6.61 Å². The van der Waals surface area contributed by atoms with Gasteiger partial charge >= 0.3 is 5.97 Å². The fourth-order valence-corrected chi connectivity index (χ4v) is 1.77. The van der Waals surface area contributed by atoms with Crippen LogP contribution in [0.4, 0.5) is 0 Å². The molecule has 0 aliphatic heterocycles. The van der Waals surface area contributed by atoms with Gasteiger partial charge in [0.05, 0.1) is 0 Å². The third-order valence-electron chi connectivity index (χ3n) is 1.70. The summed E-state index contributed by atoms with van der Waals surface area (Å²) >= 11 is 1.62. The summed E-state index contributed by atoms with van der Waals surface area (Å²) in [6.45, 7) is 1.70. The minimum absolute atomic E-state index is 0.186. The summed E-state index contributed by atoms with van der Waals surface area (Å²) in [4.78, 5) is 10.6. The number of carboxylic acid groups (broad SMARTS) is 1. The van der Waals surface area contributed by atoms with Crippen molar-refractivity contribution in [3.05, 3.63) is 0 Å². The molecule has 13 heavy (non-hydrogen) atoms. The van der Waals surface area contributed by atoms with E-state index in [0.29, 0.717) is 6.42 Å². The molecule has 78 valence electrons. The van der Waals surface area contributed by atoms with Crippen molar-refractivity contribution in [3.63, 3.8) is 0 Å². The van der Waals surface area contributed by atoms with Crippen LogP contribution in [0.2, 0.25) is 0 Å². The molecule has 0 aromatic carbocycles. The number of hydrogen-bond acceptors (Lipinski definition) is 4. The van der Waals surface area contributed by atoms with E-state index in [4.69, 9.17) is 15.9 Å². The Morgan fingerprint density at radius 3 is 2.62 bits per heavy atom. The molecule has 0 saturated carbocycles. The molecule has 5 heteroatoms.